The quantitative estimate of drug-likeness (QED) is 0.494. The first-order valence-electron chi connectivity index (χ1n) is 11.9. The number of fused-ring (bicyclic) bond motifs is 4. The topological polar surface area (TPSA) is 88.1 Å². The lowest BCUT2D eigenvalue weighted by Gasteiger charge is -2.33. The van der Waals surface area contributed by atoms with Crippen LogP contribution in [0, 0.1) is 17.8 Å². The highest BCUT2D eigenvalue weighted by molar-refractivity contribution is 5.91. The fraction of sp³-hybridized carbons (Fsp3) is 0.577. The van der Waals surface area contributed by atoms with Crippen LogP contribution in [0.3, 0.4) is 0 Å². The van der Waals surface area contributed by atoms with E-state index in [1.54, 1.807) is 0 Å². The molecule has 0 N–H and O–H groups in total. The Bertz CT molecular complexity index is 921. The summed E-state index contributed by atoms with van der Waals surface area (Å²) in [4.78, 5) is 36.0. The highest BCUT2D eigenvalue weighted by Gasteiger charge is 2.47. The summed E-state index contributed by atoms with van der Waals surface area (Å²) in [5, 5.41) is 0. The van der Waals surface area contributed by atoms with E-state index >= 15 is 0 Å². The third-order valence-electron chi connectivity index (χ3n) is 7.23. The van der Waals surface area contributed by atoms with Gasteiger partial charge in [0, 0.05) is 12.2 Å². The summed E-state index contributed by atoms with van der Waals surface area (Å²) in [5.41, 5.74) is 2.35. The van der Waals surface area contributed by atoms with Crippen molar-refractivity contribution in [2.24, 2.45) is 17.8 Å². The molecule has 0 spiro atoms. The molecule has 33 heavy (non-hydrogen) atoms. The van der Waals surface area contributed by atoms with Gasteiger partial charge in [-0.25, -0.2) is 14.4 Å². The summed E-state index contributed by atoms with van der Waals surface area (Å²) < 4.78 is 21.9. The number of carbonyl (C=O) groups is 3. The van der Waals surface area contributed by atoms with Crippen LogP contribution in [-0.4, -0.2) is 43.8 Å². The van der Waals surface area contributed by atoms with E-state index in [1.807, 2.05) is 12.1 Å². The lowest BCUT2D eigenvalue weighted by atomic mass is 9.73. The first-order chi connectivity index (χ1) is 16.0. The van der Waals surface area contributed by atoms with Crippen molar-refractivity contribution in [3.05, 3.63) is 41.5 Å². The smallest absolute Gasteiger partial charge is 0.343 e. The number of methoxy groups -OCH3 is 1. The SMILES string of the molecule is CCC[C@H]1CC[C@@H]2[C@H]3Cc4cccc(OCC(=O)OC)c4C[C@H]3C[C@H]2OC(=O)C=CC(=O)O1. The third-order valence-corrected chi connectivity index (χ3v) is 7.23. The van der Waals surface area contributed by atoms with Crippen molar-refractivity contribution in [1.29, 1.82) is 0 Å². The normalized spacial score (nSPS) is 29.0. The second-order valence-corrected chi connectivity index (χ2v) is 9.22. The second-order valence-electron chi connectivity index (χ2n) is 9.22. The molecule has 7 nitrogen and oxygen atoms in total. The van der Waals surface area contributed by atoms with Gasteiger partial charge in [0.1, 0.15) is 18.0 Å². The van der Waals surface area contributed by atoms with Gasteiger partial charge in [-0.3, -0.25) is 0 Å². The Hall–Kier alpha value is -2.83. The maximum Gasteiger partial charge on any atom is 0.343 e. The highest BCUT2D eigenvalue weighted by Crippen LogP contribution is 2.49. The van der Waals surface area contributed by atoms with Gasteiger partial charge in [0.25, 0.3) is 0 Å². The van der Waals surface area contributed by atoms with Crippen LogP contribution in [0.5, 0.6) is 5.75 Å². The van der Waals surface area contributed by atoms with Gasteiger partial charge in [0.05, 0.1) is 7.11 Å². The Balaban J connectivity index is 1.55. The molecule has 0 amide bonds. The minimum absolute atomic E-state index is 0.117. The van der Waals surface area contributed by atoms with Gasteiger partial charge in [-0.05, 0) is 73.5 Å². The Labute approximate surface area is 194 Å². The number of rotatable bonds is 5. The molecule has 7 heteroatoms. The van der Waals surface area contributed by atoms with Crippen molar-refractivity contribution in [2.75, 3.05) is 13.7 Å². The molecule has 1 aromatic rings. The molecule has 1 heterocycles. The third kappa shape index (κ3) is 5.40. The standard InChI is InChI=1S/C26H32O7/c1-3-5-18-8-9-19-20-12-16-6-4-7-22(31-15-26(29)30-2)21(16)13-17(20)14-23(19)33-25(28)11-10-24(27)32-18/h4,6-7,10-11,17-20,23H,3,5,8-9,12-15H2,1-2H3/t17-,18-,19+,20-,23+/m0/s1. The van der Waals surface area contributed by atoms with Crippen molar-refractivity contribution >= 4 is 17.9 Å². The Morgan fingerprint density at radius 2 is 1.85 bits per heavy atom. The summed E-state index contributed by atoms with van der Waals surface area (Å²) in [5.74, 6) is 0.301. The summed E-state index contributed by atoms with van der Waals surface area (Å²) in [6.45, 7) is 1.96. The van der Waals surface area contributed by atoms with Crippen LogP contribution in [0.4, 0.5) is 0 Å². The van der Waals surface area contributed by atoms with Gasteiger partial charge in [0.15, 0.2) is 6.61 Å². The maximum absolute atomic E-state index is 12.4. The molecule has 1 fully saturated rings. The lowest BCUT2D eigenvalue weighted by Crippen LogP contribution is -2.29. The van der Waals surface area contributed by atoms with E-state index in [9.17, 15) is 14.4 Å². The summed E-state index contributed by atoms with van der Waals surface area (Å²) in [6, 6.07) is 5.97. The van der Waals surface area contributed by atoms with E-state index in [0.29, 0.717) is 11.8 Å². The van der Waals surface area contributed by atoms with Gasteiger partial charge in [-0.15, -0.1) is 0 Å². The zero-order chi connectivity index (χ0) is 23.4. The Morgan fingerprint density at radius 1 is 1.06 bits per heavy atom. The van der Waals surface area contributed by atoms with Gasteiger partial charge in [0.2, 0.25) is 0 Å². The molecule has 2 aliphatic carbocycles. The molecule has 1 aromatic carbocycles. The minimum atomic E-state index is -0.492. The number of cyclic esters (lactones) is 1. The fourth-order valence-electron chi connectivity index (χ4n) is 5.73. The van der Waals surface area contributed by atoms with Gasteiger partial charge in [-0.2, -0.15) is 0 Å². The Kier molecular flexibility index (Phi) is 7.36. The zero-order valence-electron chi connectivity index (χ0n) is 19.3. The van der Waals surface area contributed by atoms with E-state index in [2.05, 4.69) is 13.0 Å². The van der Waals surface area contributed by atoms with E-state index in [0.717, 1.165) is 56.3 Å². The molecule has 3 aliphatic rings. The molecule has 1 saturated carbocycles. The average molecular weight is 457 g/mol. The molecule has 178 valence electrons. The van der Waals surface area contributed by atoms with Crippen LogP contribution in [0.25, 0.3) is 0 Å². The number of hydrogen-bond donors (Lipinski definition) is 0. The van der Waals surface area contributed by atoms with Gasteiger partial charge < -0.3 is 18.9 Å². The minimum Gasteiger partial charge on any atom is -0.482 e. The zero-order valence-corrected chi connectivity index (χ0v) is 19.3. The molecule has 0 bridgehead atoms. The van der Waals surface area contributed by atoms with E-state index in [4.69, 9.17) is 18.9 Å². The molecular formula is C26H32O7. The maximum atomic E-state index is 12.4. The molecule has 4 rings (SSSR count). The van der Waals surface area contributed by atoms with E-state index in [1.165, 1.54) is 24.8 Å². The monoisotopic (exact) mass is 456 g/mol. The van der Waals surface area contributed by atoms with Crippen LogP contribution in [-0.2, 0) is 41.4 Å². The predicted molar refractivity (Wildman–Crippen MR) is 119 cm³/mol. The molecule has 0 unspecified atom stereocenters. The first kappa shape index (κ1) is 23.3. The molecular weight excluding hydrogens is 424 g/mol. The fourth-order valence-corrected chi connectivity index (χ4v) is 5.73. The molecule has 5 atom stereocenters. The summed E-state index contributed by atoms with van der Waals surface area (Å²) in [7, 11) is 1.34. The van der Waals surface area contributed by atoms with Crippen molar-refractivity contribution in [1.82, 2.24) is 0 Å². The lowest BCUT2D eigenvalue weighted by molar-refractivity contribution is -0.145. The molecule has 0 saturated heterocycles. The largest absolute Gasteiger partial charge is 0.482 e. The van der Waals surface area contributed by atoms with Crippen LogP contribution >= 0.6 is 0 Å². The summed E-state index contributed by atoms with van der Waals surface area (Å²) in [6.07, 6.45) is 7.88. The van der Waals surface area contributed by atoms with Crippen LogP contribution < -0.4 is 4.74 Å². The first-order valence-corrected chi connectivity index (χ1v) is 11.9. The molecule has 1 aliphatic heterocycles. The number of benzene rings is 1. The summed E-state index contributed by atoms with van der Waals surface area (Å²) >= 11 is 0. The van der Waals surface area contributed by atoms with Crippen molar-refractivity contribution in [3.63, 3.8) is 0 Å². The number of esters is 3. The number of hydrogen-bond acceptors (Lipinski definition) is 7. The van der Waals surface area contributed by atoms with Crippen molar-refractivity contribution in [2.45, 2.75) is 64.1 Å². The van der Waals surface area contributed by atoms with E-state index in [-0.39, 0.29) is 24.7 Å². The number of ether oxygens (including phenoxy) is 4. The van der Waals surface area contributed by atoms with E-state index < -0.39 is 17.9 Å². The van der Waals surface area contributed by atoms with Crippen molar-refractivity contribution in [3.8, 4) is 5.75 Å². The predicted octanol–water partition coefficient (Wildman–Crippen LogP) is 3.56. The molecule has 0 radical (unpaired) electrons. The van der Waals surface area contributed by atoms with Crippen LogP contribution in [0.15, 0.2) is 30.4 Å². The molecule has 0 aromatic heterocycles. The van der Waals surface area contributed by atoms with Gasteiger partial charge in [-0.1, -0.05) is 25.5 Å². The number of carbonyl (C=O) groups excluding carboxylic acids is 3. The van der Waals surface area contributed by atoms with Crippen molar-refractivity contribution < 1.29 is 33.3 Å². The Morgan fingerprint density at radius 3 is 2.61 bits per heavy atom. The highest BCUT2D eigenvalue weighted by atomic mass is 16.6. The average Bonchev–Trinajstić information content (AvgIpc) is 3.12. The van der Waals surface area contributed by atoms with Crippen LogP contribution in [0.2, 0.25) is 0 Å². The van der Waals surface area contributed by atoms with Crippen LogP contribution in [0.1, 0.15) is 50.2 Å². The van der Waals surface area contributed by atoms with Gasteiger partial charge >= 0.3 is 17.9 Å². The second kappa shape index (κ2) is 10.4.